The minimum Gasteiger partial charge on any atom is -0.462 e. The highest BCUT2D eigenvalue weighted by Crippen LogP contribution is 2.43. The van der Waals surface area contributed by atoms with E-state index in [1.54, 1.807) is 0 Å². The van der Waals surface area contributed by atoms with Crippen molar-refractivity contribution in [1.29, 1.82) is 0 Å². The van der Waals surface area contributed by atoms with E-state index >= 15 is 0 Å². The Morgan fingerprint density at radius 2 is 0.700 bits per heavy atom. The second kappa shape index (κ2) is 53.0. The molecule has 0 amide bonds. The molecule has 0 bridgehead atoms. The largest absolute Gasteiger partial charge is 0.472 e. The zero-order chi connectivity index (χ0) is 51.3. The lowest BCUT2D eigenvalue weighted by atomic mass is 10.1. The number of ether oxygens (including phenoxy) is 3. The van der Waals surface area contributed by atoms with Gasteiger partial charge < -0.3 is 24.2 Å². The molecule has 0 aliphatic heterocycles. The van der Waals surface area contributed by atoms with Crippen molar-refractivity contribution in [3.8, 4) is 0 Å². The second-order valence-electron chi connectivity index (χ2n) is 19.5. The fourth-order valence-corrected chi connectivity index (χ4v) is 8.87. The lowest BCUT2D eigenvalue weighted by Gasteiger charge is -2.21. The first-order chi connectivity index (χ1) is 34.2. The van der Waals surface area contributed by atoms with E-state index in [0.29, 0.717) is 19.3 Å². The van der Waals surface area contributed by atoms with E-state index in [0.717, 1.165) is 89.9 Å². The predicted molar refractivity (Wildman–Crippen MR) is 289 cm³/mol. The van der Waals surface area contributed by atoms with Crippen LogP contribution in [-0.2, 0) is 42.2 Å². The summed E-state index contributed by atoms with van der Waals surface area (Å²) < 4.78 is 39.4. The fraction of sp³-hybridized carbons (Fsp3) is 0.845. The Kier molecular flexibility index (Phi) is 51.3. The molecule has 0 aliphatic carbocycles. The molecule has 0 radical (unpaired) electrons. The van der Waals surface area contributed by atoms with E-state index in [9.17, 15) is 28.9 Å². The summed E-state index contributed by atoms with van der Waals surface area (Å²) in [6.45, 7) is 4.60. The molecule has 0 spiro atoms. The Morgan fingerprint density at radius 1 is 0.400 bits per heavy atom. The maximum absolute atomic E-state index is 12.9. The molecule has 0 aromatic heterocycles. The summed E-state index contributed by atoms with van der Waals surface area (Å²) in [5, 5.41) is 9.77. The van der Waals surface area contributed by atoms with Gasteiger partial charge in [0.2, 0.25) is 0 Å². The SMILES string of the molecule is CCCCC/C=C\C/C=C\CCCCCCCCCCCC(=O)OCC(COP(=O)(O)OCC(CO)OC(=O)CCCCCCCCCCC)OC(=O)CCCCCCC/C=C\CCCCCCCC. The van der Waals surface area contributed by atoms with Crippen LogP contribution in [0.1, 0.15) is 278 Å². The summed E-state index contributed by atoms with van der Waals surface area (Å²) in [6.07, 6.45) is 54.0. The number of unbranched alkanes of at least 4 members (excludes halogenated alkanes) is 31. The van der Waals surface area contributed by atoms with Crippen molar-refractivity contribution >= 4 is 25.7 Å². The Bertz CT molecular complexity index is 1320. The zero-order valence-electron chi connectivity index (χ0n) is 45.2. The fourth-order valence-electron chi connectivity index (χ4n) is 8.09. The number of carbonyl (C=O) groups is 3. The van der Waals surface area contributed by atoms with Crippen LogP contribution in [0.2, 0.25) is 0 Å². The standard InChI is InChI=1S/C58H107O11P/c1-4-7-10-13-16-19-21-23-25-26-27-28-30-31-33-36-38-41-44-47-56(60)65-51-55(69-58(62)49-46-43-40-37-34-32-29-24-22-20-17-14-11-8-5-2)53-67-70(63,64)66-52-54(50-59)68-57(61)48-45-42-39-35-18-15-12-9-6-3/h16,19,23-25,29,54-55,59H,4-15,17-18,20-22,26-28,30-53H2,1-3H3,(H,63,64)/b19-16-,25-23-,29-24-. The predicted octanol–water partition coefficient (Wildman–Crippen LogP) is 16.8. The van der Waals surface area contributed by atoms with Crippen LogP contribution >= 0.6 is 7.82 Å². The van der Waals surface area contributed by atoms with Crippen molar-refractivity contribution in [2.45, 2.75) is 290 Å². The maximum Gasteiger partial charge on any atom is 0.472 e. The van der Waals surface area contributed by atoms with Crippen molar-refractivity contribution in [2.24, 2.45) is 0 Å². The van der Waals surface area contributed by atoms with Gasteiger partial charge in [-0.15, -0.1) is 0 Å². The summed E-state index contributed by atoms with van der Waals surface area (Å²) in [6, 6.07) is 0. The van der Waals surface area contributed by atoms with Gasteiger partial charge in [-0.1, -0.05) is 218 Å². The average Bonchev–Trinajstić information content (AvgIpc) is 3.35. The molecule has 3 unspecified atom stereocenters. The smallest absolute Gasteiger partial charge is 0.462 e. The number of hydrogen-bond donors (Lipinski definition) is 2. The van der Waals surface area contributed by atoms with Gasteiger partial charge in [0.15, 0.2) is 6.10 Å². The van der Waals surface area contributed by atoms with E-state index in [2.05, 4.69) is 57.2 Å². The zero-order valence-corrected chi connectivity index (χ0v) is 46.1. The van der Waals surface area contributed by atoms with E-state index in [1.165, 1.54) is 128 Å². The van der Waals surface area contributed by atoms with Crippen LogP contribution in [0.4, 0.5) is 0 Å². The first kappa shape index (κ1) is 67.7. The molecular formula is C58H107O11P. The highest BCUT2D eigenvalue weighted by Gasteiger charge is 2.28. The van der Waals surface area contributed by atoms with Gasteiger partial charge in [0.25, 0.3) is 0 Å². The van der Waals surface area contributed by atoms with Crippen molar-refractivity contribution in [2.75, 3.05) is 26.4 Å². The lowest BCUT2D eigenvalue weighted by molar-refractivity contribution is -0.161. The molecule has 0 heterocycles. The molecule has 0 fully saturated rings. The topological polar surface area (TPSA) is 155 Å². The lowest BCUT2D eigenvalue weighted by Crippen LogP contribution is -2.30. The molecule has 0 aromatic rings. The van der Waals surface area contributed by atoms with Crippen LogP contribution in [0, 0.1) is 0 Å². The van der Waals surface area contributed by atoms with Crippen molar-refractivity contribution in [3.05, 3.63) is 36.5 Å². The number of hydrogen-bond acceptors (Lipinski definition) is 10. The second-order valence-corrected chi connectivity index (χ2v) is 20.9. The molecule has 0 rings (SSSR count). The number of carbonyl (C=O) groups excluding carboxylic acids is 3. The van der Waals surface area contributed by atoms with Crippen LogP contribution in [0.25, 0.3) is 0 Å². The normalized spacial score (nSPS) is 13.6. The summed E-state index contributed by atoms with van der Waals surface area (Å²) >= 11 is 0. The number of rotatable bonds is 54. The third-order valence-electron chi connectivity index (χ3n) is 12.5. The van der Waals surface area contributed by atoms with E-state index in [-0.39, 0.29) is 25.9 Å². The molecule has 70 heavy (non-hydrogen) atoms. The van der Waals surface area contributed by atoms with Gasteiger partial charge in [-0.25, -0.2) is 4.57 Å². The van der Waals surface area contributed by atoms with Crippen LogP contribution < -0.4 is 0 Å². The Hall–Kier alpha value is -2.30. The van der Waals surface area contributed by atoms with E-state index in [4.69, 9.17) is 23.3 Å². The summed E-state index contributed by atoms with van der Waals surface area (Å²) in [4.78, 5) is 48.4. The number of phosphoric ester groups is 1. The van der Waals surface area contributed by atoms with Crippen molar-refractivity contribution in [1.82, 2.24) is 0 Å². The number of phosphoric acid groups is 1. The third-order valence-corrected chi connectivity index (χ3v) is 13.5. The van der Waals surface area contributed by atoms with Gasteiger partial charge in [0.1, 0.15) is 12.7 Å². The van der Waals surface area contributed by atoms with Crippen LogP contribution in [0.5, 0.6) is 0 Å². The van der Waals surface area contributed by atoms with Crippen LogP contribution in [0.3, 0.4) is 0 Å². The molecule has 12 heteroatoms. The number of aliphatic hydroxyl groups excluding tert-OH is 1. The van der Waals surface area contributed by atoms with Gasteiger partial charge in [-0.05, 0) is 77.0 Å². The molecule has 11 nitrogen and oxygen atoms in total. The highest BCUT2D eigenvalue weighted by molar-refractivity contribution is 7.47. The number of esters is 3. The molecular weight excluding hydrogens is 904 g/mol. The van der Waals surface area contributed by atoms with Crippen LogP contribution in [-0.4, -0.2) is 66.5 Å². The third kappa shape index (κ3) is 50.6. The van der Waals surface area contributed by atoms with Gasteiger partial charge in [0, 0.05) is 19.3 Å². The first-order valence-corrected chi connectivity index (χ1v) is 30.4. The quantitative estimate of drug-likeness (QED) is 0.0197. The molecule has 0 aliphatic rings. The van der Waals surface area contributed by atoms with Gasteiger partial charge in [-0.2, -0.15) is 0 Å². The summed E-state index contributed by atoms with van der Waals surface area (Å²) in [7, 11) is -4.74. The number of allylic oxidation sites excluding steroid dienone is 6. The van der Waals surface area contributed by atoms with E-state index in [1.807, 2.05) is 0 Å². The van der Waals surface area contributed by atoms with Gasteiger partial charge >= 0.3 is 25.7 Å². The molecule has 3 atom stereocenters. The summed E-state index contributed by atoms with van der Waals surface area (Å²) in [5.41, 5.74) is 0. The maximum atomic E-state index is 12.9. The average molecular weight is 1010 g/mol. The Balaban J connectivity index is 4.69. The first-order valence-electron chi connectivity index (χ1n) is 28.9. The highest BCUT2D eigenvalue weighted by atomic mass is 31.2. The van der Waals surface area contributed by atoms with Gasteiger partial charge in [-0.3, -0.25) is 23.4 Å². The van der Waals surface area contributed by atoms with Crippen molar-refractivity contribution < 1.29 is 52.2 Å². The number of aliphatic hydroxyl groups is 1. The summed E-state index contributed by atoms with van der Waals surface area (Å²) in [5.74, 6) is -1.46. The van der Waals surface area contributed by atoms with E-state index < -0.39 is 57.8 Å². The molecule has 2 N–H and O–H groups in total. The minimum absolute atomic E-state index is 0.160. The Labute approximate surface area is 429 Å². The molecule has 0 aromatic carbocycles. The van der Waals surface area contributed by atoms with Crippen molar-refractivity contribution in [3.63, 3.8) is 0 Å². The van der Waals surface area contributed by atoms with Crippen LogP contribution in [0.15, 0.2) is 36.5 Å². The molecule has 0 saturated carbocycles. The molecule has 0 saturated heterocycles. The van der Waals surface area contributed by atoms with Gasteiger partial charge in [0.05, 0.1) is 19.8 Å². The minimum atomic E-state index is -4.74. The monoisotopic (exact) mass is 1010 g/mol. The molecule has 410 valence electrons. The Morgan fingerprint density at radius 3 is 1.10 bits per heavy atom.